The third-order valence-electron chi connectivity index (χ3n) is 2.59. The molecule has 1 N–H and O–H groups in total. The Morgan fingerprint density at radius 3 is 2.71 bits per heavy atom. The van der Waals surface area contributed by atoms with Crippen LogP contribution in [0.1, 0.15) is 9.67 Å². The molecular weight excluding hydrogens is 286 g/mol. The molecule has 0 aliphatic carbocycles. The summed E-state index contributed by atoms with van der Waals surface area (Å²) < 4.78 is 5.52. The number of rotatable bonds is 4. The Hall–Kier alpha value is -2.73. The van der Waals surface area contributed by atoms with Crippen molar-refractivity contribution in [3.05, 3.63) is 65.1 Å². The number of amides is 1. The second-order valence-corrected chi connectivity index (χ2v) is 5.04. The maximum absolute atomic E-state index is 12.0. The van der Waals surface area contributed by atoms with Crippen molar-refractivity contribution in [1.82, 2.24) is 9.97 Å². The molecule has 0 atom stereocenters. The molecule has 0 fully saturated rings. The number of hydrogen-bond donors (Lipinski definition) is 1. The van der Waals surface area contributed by atoms with Gasteiger partial charge in [-0.1, -0.05) is 12.1 Å². The Morgan fingerprint density at radius 2 is 1.95 bits per heavy atom. The van der Waals surface area contributed by atoms with Gasteiger partial charge in [0.15, 0.2) is 0 Å². The predicted molar refractivity (Wildman–Crippen MR) is 80.8 cm³/mol. The lowest BCUT2D eigenvalue weighted by atomic mass is 10.3. The zero-order valence-corrected chi connectivity index (χ0v) is 11.7. The van der Waals surface area contributed by atoms with Gasteiger partial charge in [0, 0.05) is 24.1 Å². The third kappa shape index (κ3) is 3.43. The first-order valence-electron chi connectivity index (χ1n) is 6.21. The van der Waals surface area contributed by atoms with Crippen LogP contribution in [-0.2, 0) is 0 Å². The van der Waals surface area contributed by atoms with E-state index in [2.05, 4.69) is 15.3 Å². The smallest absolute Gasteiger partial charge is 0.321 e. The molecule has 21 heavy (non-hydrogen) atoms. The monoisotopic (exact) mass is 297 g/mol. The molecule has 1 aromatic carbocycles. The first-order valence-corrected chi connectivity index (χ1v) is 7.09. The van der Waals surface area contributed by atoms with Crippen LogP contribution >= 0.6 is 11.3 Å². The maximum Gasteiger partial charge on any atom is 0.321 e. The minimum atomic E-state index is -0.141. The topological polar surface area (TPSA) is 64.1 Å². The summed E-state index contributed by atoms with van der Waals surface area (Å²) in [4.78, 5) is 20.6. The summed E-state index contributed by atoms with van der Waals surface area (Å²) >= 11 is 1.39. The molecular formula is C15H11N3O2S. The van der Waals surface area contributed by atoms with Gasteiger partial charge >= 0.3 is 6.01 Å². The summed E-state index contributed by atoms with van der Waals surface area (Å²) in [6, 6.07) is 12.7. The highest BCUT2D eigenvalue weighted by Crippen LogP contribution is 2.22. The molecule has 0 saturated carbocycles. The molecule has 3 aromatic rings. The molecule has 2 heterocycles. The Labute approximate surface area is 125 Å². The fourth-order valence-corrected chi connectivity index (χ4v) is 2.30. The Balaban J connectivity index is 1.73. The standard InChI is InChI=1S/C15H11N3O2S/c19-14(13-6-2-9-21-13)18-11-4-1-5-12(10-11)20-15-16-7-3-8-17-15/h1-10H,(H,18,19). The molecule has 0 spiro atoms. The van der Waals surface area contributed by atoms with Gasteiger partial charge in [-0.2, -0.15) is 0 Å². The molecule has 0 bridgehead atoms. The van der Waals surface area contributed by atoms with Crippen LogP contribution in [0.2, 0.25) is 0 Å². The van der Waals surface area contributed by atoms with Crippen LogP contribution in [-0.4, -0.2) is 15.9 Å². The molecule has 2 aromatic heterocycles. The second kappa shape index (κ2) is 6.15. The highest BCUT2D eigenvalue weighted by molar-refractivity contribution is 7.12. The number of ether oxygens (including phenoxy) is 1. The van der Waals surface area contributed by atoms with E-state index in [0.29, 0.717) is 16.3 Å². The van der Waals surface area contributed by atoms with Crippen LogP contribution in [0, 0.1) is 0 Å². The lowest BCUT2D eigenvalue weighted by Crippen LogP contribution is -2.09. The lowest BCUT2D eigenvalue weighted by Gasteiger charge is -2.07. The lowest BCUT2D eigenvalue weighted by molar-refractivity contribution is 0.103. The van der Waals surface area contributed by atoms with E-state index >= 15 is 0 Å². The summed E-state index contributed by atoms with van der Waals surface area (Å²) in [5.41, 5.74) is 0.654. The maximum atomic E-state index is 12.0. The summed E-state index contributed by atoms with van der Waals surface area (Å²) in [6.07, 6.45) is 3.20. The van der Waals surface area contributed by atoms with Gasteiger partial charge in [-0.25, -0.2) is 9.97 Å². The van der Waals surface area contributed by atoms with E-state index in [1.807, 2.05) is 11.4 Å². The van der Waals surface area contributed by atoms with Crippen molar-refractivity contribution in [3.8, 4) is 11.8 Å². The number of nitrogens with one attached hydrogen (secondary N) is 1. The van der Waals surface area contributed by atoms with E-state index in [0.717, 1.165) is 0 Å². The van der Waals surface area contributed by atoms with E-state index in [1.165, 1.54) is 11.3 Å². The molecule has 3 rings (SSSR count). The first-order chi connectivity index (χ1) is 10.3. The summed E-state index contributed by atoms with van der Waals surface area (Å²) in [6.45, 7) is 0. The van der Waals surface area contributed by atoms with Gasteiger partial charge in [0.05, 0.1) is 4.88 Å². The number of hydrogen-bond acceptors (Lipinski definition) is 5. The fraction of sp³-hybridized carbons (Fsp3) is 0. The number of carbonyl (C=O) groups excluding carboxylic acids is 1. The van der Waals surface area contributed by atoms with Crippen molar-refractivity contribution in [1.29, 1.82) is 0 Å². The molecule has 0 unspecified atom stereocenters. The van der Waals surface area contributed by atoms with Crippen molar-refractivity contribution in [3.63, 3.8) is 0 Å². The van der Waals surface area contributed by atoms with E-state index in [4.69, 9.17) is 4.74 Å². The van der Waals surface area contributed by atoms with Gasteiger partial charge in [0.25, 0.3) is 5.91 Å². The van der Waals surface area contributed by atoms with Crippen LogP contribution in [0.15, 0.2) is 60.2 Å². The van der Waals surface area contributed by atoms with Crippen LogP contribution in [0.5, 0.6) is 11.8 Å². The van der Waals surface area contributed by atoms with Gasteiger partial charge in [0.1, 0.15) is 5.75 Å². The highest BCUT2D eigenvalue weighted by atomic mass is 32.1. The zero-order valence-electron chi connectivity index (χ0n) is 10.9. The Kier molecular flexibility index (Phi) is 3.88. The van der Waals surface area contributed by atoms with Crippen LogP contribution < -0.4 is 10.1 Å². The SMILES string of the molecule is O=C(Nc1cccc(Oc2ncccn2)c1)c1cccs1. The Bertz CT molecular complexity index is 730. The van der Waals surface area contributed by atoms with E-state index < -0.39 is 0 Å². The fourth-order valence-electron chi connectivity index (χ4n) is 1.68. The second-order valence-electron chi connectivity index (χ2n) is 4.09. The number of benzene rings is 1. The van der Waals surface area contributed by atoms with Crippen molar-refractivity contribution in [2.45, 2.75) is 0 Å². The number of thiophene rings is 1. The van der Waals surface area contributed by atoms with Gasteiger partial charge < -0.3 is 10.1 Å². The molecule has 0 saturated heterocycles. The first kappa shape index (κ1) is 13.3. The minimum Gasteiger partial charge on any atom is -0.424 e. The third-order valence-corrected chi connectivity index (χ3v) is 3.46. The van der Waals surface area contributed by atoms with Gasteiger partial charge in [-0.15, -0.1) is 11.3 Å². The van der Waals surface area contributed by atoms with Crippen molar-refractivity contribution >= 4 is 22.9 Å². The number of anilines is 1. The zero-order chi connectivity index (χ0) is 14.5. The number of nitrogens with zero attached hydrogens (tertiary/aromatic N) is 2. The predicted octanol–water partition coefficient (Wildman–Crippen LogP) is 3.58. The number of aromatic nitrogens is 2. The summed E-state index contributed by atoms with van der Waals surface area (Å²) in [5, 5.41) is 4.68. The molecule has 1 amide bonds. The van der Waals surface area contributed by atoms with Gasteiger partial charge in [-0.05, 0) is 29.6 Å². The molecule has 104 valence electrons. The Morgan fingerprint density at radius 1 is 1.10 bits per heavy atom. The van der Waals surface area contributed by atoms with Crippen LogP contribution in [0.25, 0.3) is 0 Å². The molecule has 5 nitrogen and oxygen atoms in total. The number of carbonyl (C=O) groups is 1. The quantitative estimate of drug-likeness (QED) is 0.799. The molecule has 0 radical (unpaired) electrons. The molecule has 0 aliphatic rings. The van der Waals surface area contributed by atoms with E-state index in [1.54, 1.807) is 48.8 Å². The summed E-state index contributed by atoms with van der Waals surface area (Å²) in [5.74, 6) is 0.420. The summed E-state index contributed by atoms with van der Waals surface area (Å²) in [7, 11) is 0. The minimum absolute atomic E-state index is 0.141. The largest absolute Gasteiger partial charge is 0.424 e. The van der Waals surface area contributed by atoms with Crippen LogP contribution in [0.3, 0.4) is 0 Å². The highest BCUT2D eigenvalue weighted by Gasteiger charge is 2.07. The molecule has 0 aliphatic heterocycles. The van der Waals surface area contributed by atoms with Crippen molar-refractivity contribution < 1.29 is 9.53 Å². The average molecular weight is 297 g/mol. The van der Waals surface area contributed by atoms with E-state index in [-0.39, 0.29) is 11.9 Å². The van der Waals surface area contributed by atoms with Crippen LogP contribution in [0.4, 0.5) is 5.69 Å². The van der Waals surface area contributed by atoms with Gasteiger partial charge in [-0.3, -0.25) is 4.79 Å². The molecule has 6 heteroatoms. The van der Waals surface area contributed by atoms with E-state index in [9.17, 15) is 4.79 Å². The van der Waals surface area contributed by atoms with Crippen molar-refractivity contribution in [2.24, 2.45) is 0 Å². The normalized spacial score (nSPS) is 10.1. The average Bonchev–Trinajstić information content (AvgIpc) is 3.03. The van der Waals surface area contributed by atoms with Gasteiger partial charge in [0.2, 0.25) is 0 Å². The van der Waals surface area contributed by atoms with Crippen molar-refractivity contribution in [2.75, 3.05) is 5.32 Å².